The van der Waals surface area contributed by atoms with E-state index in [9.17, 15) is 4.79 Å². The van der Waals surface area contributed by atoms with Crippen molar-refractivity contribution < 1.29 is 9.90 Å². The predicted octanol–water partition coefficient (Wildman–Crippen LogP) is 3.01. The molecule has 1 aliphatic carbocycles. The van der Waals surface area contributed by atoms with Crippen molar-refractivity contribution in [1.82, 2.24) is 5.32 Å². The summed E-state index contributed by atoms with van der Waals surface area (Å²) in [7, 11) is 0. The molecule has 0 atom stereocenters. The van der Waals surface area contributed by atoms with Gasteiger partial charge >= 0.3 is 6.03 Å². The van der Waals surface area contributed by atoms with Crippen molar-refractivity contribution in [2.45, 2.75) is 31.7 Å². The number of aliphatic hydroxyl groups is 1. The third kappa shape index (κ3) is 4.40. The lowest BCUT2D eigenvalue weighted by Crippen LogP contribution is -2.40. The molecular formula is C14H19ClN2O2. The topological polar surface area (TPSA) is 61.4 Å². The van der Waals surface area contributed by atoms with E-state index in [0.29, 0.717) is 16.6 Å². The molecule has 0 unspecified atom stereocenters. The number of amides is 2. The lowest BCUT2D eigenvalue weighted by molar-refractivity contribution is 0.176. The molecule has 0 bridgehead atoms. The first-order chi connectivity index (χ1) is 9.17. The highest BCUT2D eigenvalue weighted by Crippen LogP contribution is 2.23. The van der Waals surface area contributed by atoms with Gasteiger partial charge in [0.1, 0.15) is 0 Å². The summed E-state index contributed by atoms with van der Waals surface area (Å²) in [6, 6.07) is 7.07. The van der Waals surface area contributed by atoms with Crippen LogP contribution in [-0.2, 0) is 0 Å². The Morgan fingerprint density at radius 3 is 2.68 bits per heavy atom. The minimum atomic E-state index is -0.199. The summed E-state index contributed by atoms with van der Waals surface area (Å²) in [4.78, 5) is 11.8. The Morgan fingerprint density at radius 1 is 1.32 bits per heavy atom. The molecule has 5 heteroatoms. The molecule has 1 saturated carbocycles. The Morgan fingerprint density at radius 2 is 2.05 bits per heavy atom. The van der Waals surface area contributed by atoms with Gasteiger partial charge in [-0.3, -0.25) is 0 Å². The second-order valence-corrected chi connectivity index (χ2v) is 5.45. The van der Waals surface area contributed by atoms with Crippen molar-refractivity contribution in [2.75, 3.05) is 11.9 Å². The number of carbonyl (C=O) groups is 1. The number of nitrogens with one attached hydrogen (secondary N) is 2. The van der Waals surface area contributed by atoms with E-state index in [-0.39, 0.29) is 18.7 Å². The first-order valence-corrected chi connectivity index (χ1v) is 6.99. The van der Waals surface area contributed by atoms with Crippen LogP contribution in [0, 0.1) is 5.92 Å². The van der Waals surface area contributed by atoms with Crippen molar-refractivity contribution in [2.24, 2.45) is 5.92 Å². The Hall–Kier alpha value is -1.26. The van der Waals surface area contributed by atoms with Crippen molar-refractivity contribution >= 4 is 23.3 Å². The lowest BCUT2D eigenvalue weighted by atomic mass is 9.87. The third-order valence-electron chi connectivity index (χ3n) is 3.52. The van der Waals surface area contributed by atoms with E-state index in [4.69, 9.17) is 16.7 Å². The van der Waals surface area contributed by atoms with E-state index in [1.54, 1.807) is 24.3 Å². The Kier molecular flexibility index (Phi) is 5.05. The van der Waals surface area contributed by atoms with Gasteiger partial charge in [0.15, 0.2) is 0 Å². The van der Waals surface area contributed by atoms with Crippen LogP contribution in [0.25, 0.3) is 0 Å². The van der Waals surface area contributed by atoms with Crippen molar-refractivity contribution in [1.29, 1.82) is 0 Å². The predicted molar refractivity (Wildman–Crippen MR) is 76.4 cm³/mol. The minimum Gasteiger partial charge on any atom is -0.396 e. The van der Waals surface area contributed by atoms with Crippen LogP contribution in [0.1, 0.15) is 25.7 Å². The molecule has 0 aromatic heterocycles. The highest BCUT2D eigenvalue weighted by Gasteiger charge is 2.21. The molecule has 0 heterocycles. The van der Waals surface area contributed by atoms with Gasteiger partial charge in [-0.05, 0) is 49.8 Å². The van der Waals surface area contributed by atoms with Crippen molar-refractivity contribution in [3.63, 3.8) is 0 Å². The molecule has 1 fully saturated rings. The number of anilines is 1. The highest BCUT2D eigenvalue weighted by molar-refractivity contribution is 6.30. The fourth-order valence-electron chi connectivity index (χ4n) is 2.41. The van der Waals surface area contributed by atoms with Gasteiger partial charge in [-0.15, -0.1) is 0 Å². The van der Waals surface area contributed by atoms with Crippen LogP contribution in [-0.4, -0.2) is 23.8 Å². The molecule has 0 saturated heterocycles. The van der Waals surface area contributed by atoms with Gasteiger partial charge in [0.05, 0.1) is 0 Å². The maximum atomic E-state index is 11.8. The number of aliphatic hydroxyl groups excluding tert-OH is 1. The van der Waals surface area contributed by atoms with Gasteiger partial charge in [0.2, 0.25) is 0 Å². The zero-order valence-corrected chi connectivity index (χ0v) is 11.5. The van der Waals surface area contributed by atoms with Crippen molar-refractivity contribution in [3.8, 4) is 0 Å². The molecule has 0 radical (unpaired) electrons. The summed E-state index contributed by atoms with van der Waals surface area (Å²) in [5, 5.41) is 15.4. The quantitative estimate of drug-likeness (QED) is 0.798. The van der Waals surface area contributed by atoms with Crippen LogP contribution >= 0.6 is 11.6 Å². The zero-order chi connectivity index (χ0) is 13.7. The minimum absolute atomic E-state index is 0.196. The van der Waals surface area contributed by atoms with Gasteiger partial charge in [0, 0.05) is 23.4 Å². The second-order valence-electron chi connectivity index (χ2n) is 5.01. The Bertz CT molecular complexity index is 431. The normalized spacial score (nSPS) is 22.8. The fourth-order valence-corrected chi connectivity index (χ4v) is 2.60. The fraction of sp³-hybridized carbons (Fsp3) is 0.500. The number of carbonyl (C=O) groups excluding carboxylic acids is 1. The first kappa shape index (κ1) is 14.2. The summed E-state index contributed by atoms with van der Waals surface area (Å²) in [6.45, 7) is 0.251. The smallest absolute Gasteiger partial charge is 0.319 e. The lowest BCUT2D eigenvalue weighted by Gasteiger charge is -2.27. The third-order valence-corrected chi connectivity index (χ3v) is 3.76. The van der Waals surface area contributed by atoms with Gasteiger partial charge in [-0.1, -0.05) is 17.7 Å². The van der Waals surface area contributed by atoms with E-state index in [1.165, 1.54) is 0 Å². The highest BCUT2D eigenvalue weighted by atomic mass is 35.5. The molecule has 104 valence electrons. The molecule has 0 spiro atoms. The number of rotatable bonds is 3. The van der Waals surface area contributed by atoms with E-state index in [2.05, 4.69) is 10.6 Å². The molecule has 4 nitrogen and oxygen atoms in total. The maximum Gasteiger partial charge on any atom is 0.319 e. The van der Waals surface area contributed by atoms with E-state index in [1.807, 2.05) is 0 Å². The summed E-state index contributed by atoms with van der Waals surface area (Å²) in [5.41, 5.74) is 0.689. The Balaban J connectivity index is 1.79. The monoisotopic (exact) mass is 282 g/mol. The second kappa shape index (κ2) is 6.78. The number of benzene rings is 1. The van der Waals surface area contributed by atoms with Crippen LogP contribution in [0.2, 0.25) is 5.02 Å². The van der Waals surface area contributed by atoms with Gasteiger partial charge in [-0.25, -0.2) is 4.79 Å². The van der Waals surface area contributed by atoms with Crippen LogP contribution in [0.4, 0.5) is 10.5 Å². The molecule has 1 aliphatic rings. The number of halogens is 1. The first-order valence-electron chi connectivity index (χ1n) is 6.61. The molecule has 1 aromatic rings. The number of hydrogen-bond acceptors (Lipinski definition) is 2. The summed E-state index contributed by atoms with van der Waals surface area (Å²) in [5.74, 6) is 0.397. The van der Waals surface area contributed by atoms with Crippen LogP contribution in [0.5, 0.6) is 0 Å². The van der Waals surface area contributed by atoms with E-state index in [0.717, 1.165) is 25.7 Å². The number of hydrogen-bond donors (Lipinski definition) is 3. The number of urea groups is 1. The Labute approximate surface area is 118 Å². The molecule has 2 rings (SSSR count). The summed E-state index contributed by atoms with van der Waals surface area (Å²) < 4.78 is 0. The maximum absolute atomic E-state index is 11.8. The molecular weight excluding hydrogens is 264 g/mol. The van der Waals surface area contributed by atoms with E-state index >= 15 is 0 Å². The molecule has 1 aromatic carbocycles. The molecule has 0 aliphatic heterocycles. The van der Waals surface area contributed by atoms with Crippen molar-refractivity contribution in [3.05, 3.63) is 29.3 Å². The van der Waals surface area contributed by atoms with Gasteiger partial charge < -0.3 is 15.7 Å². The average molecular weight is 283 g/mol. The average Bonchev–Trinajstić information content (AvgIpc) is 2.39. The summed E-state index contributed by atoms with van der Waals surface area (Å²) in [6.07, 6.45) is 3.79. The summed E-state index contributed by atoms with van der Waals surface area (Å²) >= 11 is 5.86. The van der Waals surface area contributed by atoms with Gasteiger partial charge in [-0.2, -0.15) is 0 Å². The van der Waals surface area contributed by atoms with E-state index < -0.39 is 0 Å². The SMILES string of the molecule is O=C(Nc1cccc(Cl)c1)NC1CCC(CO)CC1. The molecule has 3 N–H and O–H groups in total. The van der Waals surface area contributed by atoms with Gasteiger partial charge in [0.25, 0.3) is 0 Å². The zero-order valence-electron chi connectivity index (χ0n) is 10.7. The standard InChI is InChI=1S/C14H19ClN2O2/c15-11-2-1-3-13(8-11)17-14(19)16-12-6-4-10(9-18)5-7-12/h1-3,8,10,12,18H,4-7,9H2,(H2,16,17,19). The van der Waals surface area contributed by atoms with Crippen LogP contribution in [0.15, 0.2) is 24.3 Å². The molecule has 2 amide bonds. The largest absolute Gasteiger partial charge is 0.396 e. The van der Waals surface area contributed by atoms with Crippen LogP contribution < -0.4 is 10.6 Å². The van der Waals surface area contributed by atoms with Crippen LogP contribution in [0.3, 0.4) is 0 Å². The molecule has 19 heavy (non-hydrogen) atoms.